The van der Waals surface area contributed by atoms with Crippen LogP contribution in [-0.2, 0) is 4.79 Å². The zero-order chi connectivity index (χ0) is 15.2. The van der Waals surface area contributed by atoms with Gasteiger partial charge in [-0.1, -0.05) is 31.3 Å². The van der Waals surface area contributed by atoms with Gasteiger partial charge in [-0.2, -0.15) is 0 Å². The van der Waals surface area contributed by atoms with E-state index in [1.807, 2.05) is 17.0 Å². The molecule has 21 heavy (non-hydrogen) atoms. The number of thiocarbonyl (C=S) groups is 1. The summed E-state index contributed by atoms with van der Waals surface area (Å²) in [5.41, 5.74) is 6.33. The van der Waals surface area contributed by atoms with Gasteiger partial charge in [-0.15, -0.1) is 0 Å². The Balaban J connectivity index is 1.93. The SMILES string of the molecule is CC1CCCN(C(=O)COc2ccccc2C(N)=S)CC1. The Morgan fingerprint density at radius 1 is 1.38 bits per heavy atom. The summed E-state index contributed by atoms with van der Waals surface area (Å²) >= 11 is 4.99. The van der Waals surface area contributed by atoms with Crippen molar-refractivity contribution in [2.24, 2.45) is 11.7 Å². The number of nitrogens with two attached hydrogens (primary N) is 1. The van der Waals surface area contributed by atoms with E-state index in [0.29, 0.717) is 17.2 Å². The van der Waals surface area contributed by atoms with Crippen LogP contribution in [0.5, 0.6) is 5.75 Å². The van der Waals surface area contributed by atoms with Crippen molar-refractivity contribution in [3.05, 3.63) is 29.8 Å². The second-order valence-corrected chi connectivity index (χ2v) is 6.01. The highest BCUT2D eigenvalue weighted by atomic mass is 32.1. The number of carbonyl (C=O) groups is 1. The monoisotopic (exact) mass is 306 g/mol. The van der Waals surface area contributed by atoms with Crippen LogP contribution in [0.25, 0.3) is 0 Å². The number of amides is 1. The molecular weight excluding hydrogens is 284 g/mol. The van der Waals surface area contributed by atoms with Crippen LogP contribution in [-0.4, -0.2) is 35.5 Å². The number of nitrogens with zero attached hydrogens (tertiary/aromatic N) is 1. The Labute approximate surface area is 131 Å². The van der Waals surface area contributed by atoms with Crippen molar-refractivity contribution in [3.8, 4) is 5.75 Å². The molecule has 1 unspecified atom stereocenters. The van der Waals surface area contributed by atoms with Crippen LogP contribution in [0.4, 0.5) is 0 Å². The third kappa shape index (κ3) is 4.43. The second-order valence-electron chi connectivity index (χ2n) is 5.57. The van der Waals surface area contributed by atoms with E-state index in [2.05, 4.69) is 6.92 Å². The topological polar surface area (TPSA) is 55.6 Å². The number of likely N-dealkylation sites (tertiary alicyclic amines) is 1. The molecule has 4 nitrogen and oxygen atoms in total. The molecule has 0 spiro atoms. The van der Waals surface area contributed by atoms with E-state index in [-0.39, 0.29) is 17.5 Å². The molecule has 0 radical (unpaired) electrons. The van der Waals surface area contributed by atoms with Gasteiger partial charge in [0.25, 0.3) is 5.91 Å². The van der Waals surface area contributed by atoms with Crippen molar-refractivity contribution in [2.75, 3.05) is 19.7 Å². The normalized spacial score (nSPS) is 18.9. The first-order valence-corrected chi connectivity index (χ1v) is 7.78. The van der Waals surface area contributed by atoms with Crippen molar-refractivity contribution < 1.29 is 9.53 Å². The van der Waals surface area contributed by atoms with Gasteiger partial charge in [-0.05, 0) is 37.3 Å². The summed E-state index contributed by atoms with van der Waals surface area (Å²) in [5.74, 6) is 1.29. The second kappa shape index (κ2) is 7.41. The van der Waals surface area contributed by atoms with Crippen molar-refractivity contribution >= 4 is 23.1 Å². The van der Waals surface area contributed by atoms with Crippen LogP contribution < -0.4 is 10.5 Å². The molecule has 1 atom stereocenters. The molecule has 114 valence electrons. The van der Waals surface area contributed by atoms with Crippen LogP contribution in [0.1, 0.15) is 31.7 Å². The summed E-state index contributed by atoms with van der Waals surface area (Å²) in [5, 5.41) is 0. The van der Waals surface area contributed by atoms with Gasteiger partial charge >= 0.3 is 0 Å². The van der Waals surface area contributed by atoms with E-state index in [9.17, 15) is 4.79 Å². The van der Waals surface area contributed by atoms with Gasteiger partial charge in [0.15, 0.2) is 6.61 Å². The van der Waals surface area contributed by atoms with Gasteiger partial charge in [-0.25, -0.2) is 0 Å². The molecule has 2 rings (SSSR count). The Hall–Kier alpha value is -1.62. The minimum atomic E-state index is 0.0295. The highest BCUT2D eigenvalue weighted by Gasteiger charge is 2.19. The summed E-state index contributed by atoms with van der Waals surface area (Å²) in [7, 11) is 0. The standard InChI is InChI=1S/C16H22N2O2S/c1-12-5-4-9-18(10-8-12)15(19)11-20-14-7-3-2-6-13(14)16(17)21/h2-3,6-7,12H,4-5,8-11H2,1H3,(H2,17,21). The van der Waals surface area contributed by atoms with Crippen LogP contribution in [0, 0.1) is 5.92 Å². The fourth-order valence-corrected chi connectivity index (χ4v) is 2.71. The molecule has 1 amide bonds. The van der Waals surface area contributed by atoms with Crippen molar-refractivity contribution in [1.82, 2.24) is 4.90 Å². The lowest BCUT2D eigenvalue weighted by molar-refractivity contribution is -0.133. The molecule has 1 aromatic carbocycles. The number of para-hydroxylation sites is 1. The van der Waals surface area contributed by atoms with Gasteiger partial charge in [0, 0.05) is 13.1 Å². The third-order valence-corrected chi connectivity index (χ3v) is 4.09. The van der Waals surface area contributed by atoms with Crippen molar-refractivity contribution in [2.45, 2.75) is 26.2 Å². The first-order chi connectivity index (χ1) is 10.1. The van der Waals surface area contributed by atoms with E-state index in [4.69, 9.17) is 22.7 Å². The summed E-state index contributed by atoms with van der Waals surface area (Å²) in [6, 6.07) is 7.27. The molecular formula is C16H22N2O2S. The average Bonchev–Trinajstić information content (AvgIpc) is 2.69. The molecule has 1 heterocycles. The van der Waals surface area contributed by atoms with E-state index >= 15 is 0 Å². The molecule has 2 N–H and O–H groups in total. The highest BCUT2D eigenvalue weighted by Crippen LogP contribution is 2.19. The number of carbonyl (C=O) groups excluding carboxylic acids is 1. The van der Waals surface area contributed by atoms with E-state index in [0.717, 1.165) is 25.9 Å². The molecule has 0 bridgehead atoms. The minimum absolute atomic E-state index is 0.0295. The van der Waals surface area contributed by atoms with Crippen molar-refractivity contribution in [1.29, 1.82) is 0 Å². The largest absolute Gasteiger partial charge is 0.483 e. The lowest BCUT2D eigenvalue weighted by Gasteiger charge is -2.21. The lowest BCUT2D eigenvalue weighted by Crippen LogP contribution is -2.35. The van der Waals surface area contributed by atoms with Crippen LogP contribution in [0.3, 0.4) is 0 Å². The Kier molecular flexibility index (Phi) is 5.56. The quantitative estimate of drug-likeness (QED) is 0.868. The van der Waals surface area contributed by atoms with E-state index in [1.54, 1.807) is 12.1 Å². The molecule has 0 saturated carbocycles. The number of hydrogen-bond donors (Lipinski definition) is 1. The first-order valence-electron chi connectivity index (χ1n) is 7.37. The zero-order valence-corrected chi connectivity index (χ0v) is 13.2. The Morgan fingerprint density at radius 3 is 2.90 bits per heavy atom. The summed E-state index contributed by atoms with van der Waals surface area (Å²) in [4.78, 5) is 14.4. The number of benzene rings is 1. The molecule has 0 aliphatic carbocycles. The van der Waals surface area contributed by atoms with Gasteiger partial charge < -0.3 is 15.4 Å². The van der Waals surface area contributed by atoms with Gasteiger partial charge in [-0.3, -0.25) is 4.79 Å². The third-order valence-electron chi connectivity index (χ3n) is 3.87. The maximum atomic E-state index is 12.2. The minimum Gasteiger partial charge on any atom is -0.483 e. The summed E-state index contributed by atoms with van der Waals surface area (Å²) in [6.45, 7) is 3.92. The van der Waals surface area contributed by atoms with Crippen LogP contribution in [0.2, 0.25) is 0 Å². The number of ether oxygens (including phenoxy) is 1. The van der Waals surface area contributed by atoms with Gasteiger partial charge in [0.1, 0.15) is 10.7 Å². The molecule has 1 aliphatic heterocycles. The Bertz CT molecular complexity index is 519. The average molecular weight is 306 g/mol. The molecule has 1 aromatic rings. The molecule has 0 aromatic heterocycles. The predicted octanol–water partition coefficient (Wildman–Crippen LogP) is 2.35. The Morgan fingerprint density at radius 2 is 2.14 bits per heavy atom. The van der Waals surface area contributed by atoms with Gasteiger partial charge in [0.05, 0.1) is 5.56 Å². The molecule has 5 heteroatoms. The molecule has 1 saturated heterocycles. The van der Waals surface area contributed by atoms with Crippen LogP contribution in [0.15, 0.2) is 24.3 Å². The van der Waals surface area contributed by atoms with E-state index in [1.165, 1.54) is 6.42 Å². The van der Waals surface area contributed by atoms with E-state index < -0.39 is 0 Å². The molecule has 1 aliphatic rings. The van der Waals surface area contributed by atoms with Crippen LogP contribution >= 0.6 is 12.2 Å². The maximum Gasteiger partial charge on any atom is 0.260 e. The zero-order valence-electron chi connectivity index (χ0n) is 12.4. The molecule has 1 fully saturated rings. The first kappa shape index (κ1) is 15.8. The van der Waals surface area contributed by atoms with Gasteiger partial charge in [0.2, 0.25) is 0 Å². The number of hydrogen-bond acceptors (Lipinski definition) is 3. The summed E-state index contributed by atoms with van der Waals surface area (Å²) in [6.07, 6.45) is 3.32. The maximum absolute atomic E-state index is 12.2. The predicted molar refractivity (Wildman–Crippen MR) is 87.4 cm³/mol. The summed E-state index contributed by atoms with van der Waals surface area (Å²) < 4.78 is 5.62. The highest BCUT2D eigenvalue weighted by molar-refractivity contribution is 7.80. The lowest BCUT2D eigenvalue weighted by atomic mass is 10.0. The van der Waals surface area contributed by atoms with Crippen molar-refractivity contribution in [3.63, 3.8) is 0 Å². The fraction of sp³-hybridized carbons (Fsp3) is 0.500. The smallest absolute Gasteiger partial charge is 0.260 e. The fourth-order valence-electron chi connectivity index (χ4n) is 2.54. The number of rotatable bonds is 4.